The van der Waals surface area contributed by atoms with Gasteiger partial charge in [0.2, 0.25) is 0 Å². The number of hydrogen-bond donors (Lipinski definition) is 1. The van der Waals surface area contributed by atoms with Crippen LogP contribution < -0.4 is 10.5 Å². The number of halogens is 3. The Morgan fingerprint density at radius 1 is 1.41 bits per heavy atom. The molecule has 0 aliphatic heterocycles. The number of anilines is 1. The molecule has 3 rings (SSSR count). The lowest BCUT2D eigenvalue weighted by molar-refractivity contribution is -0.226. The van der Waals surface area contributed by atoms with E-state index in [0.29, 0.717) is 16.9 Å². The summed E-state index contributed by atoms with van der Waals surface area (Å²) in [6, 6.07) is 2.93. The number of hydrogen-bond acceptors (Lipinski definition) is 5. The summed E-state index contributed by atoms with van der Waals surface area (Å²) in [6.07, 6.45) is -4.56. The van der Waals surface area contributed by atoms with Crippen LogP contribution in [0.4, 0.5) is 18.3 Å². The third-order valence-electron chi connectivity index (χ3n) is 4.15. The van der Waals surface area contributed by atoms with Gasteiger partial charge in [-0.2, -0.15) is 13.2 Å². The summed E-state index contributed by atoms with van der Waals surface area (Å²) in [6.45, 7) is 0. The number of alkyl halides is 3. The first kappa shape index (κ1) is 15.1. The number of fused-ring (bicyclic) bond motifs is 1. The predicted octanol–water partition coefficient (Wildman–Crippen LogP) is 3.80. The number of ketones is 1. The van der Waals surface area contributed by atoms with Gasteiger partial charge >= 0.3 is 6.18 Å². The largest absolute Gasteiger partial charge is 0.497 e. The quantitative estimate of drug-likeness (QED) is 0.869. The van der Waals surface area contributed by atoms with E-state index in [-0.39, 0.29) is 29.1 Å². The van der Waals surface area contributed by atoms with Gasteiger partial charge in [0.25, 0.3) is 0 Å². The zero-order valence-corrected chi connectivity index (χ0v) is 12.5. The number of methoxy groups -OCH3 is 1. The minimum atomic E-state index is -4.57. The number of nitrogens with two attached hydrogens (primary N) is 1. The molecule has 1 saturated carbocycles. The van der Waals surface area contributed by atoms with Crippen molar-refractivity contribution in [1.82, 2.24) is 4.98 Å². The Balaban J connectivity index is 2.18. The summed E-state index contributed by atoms with van der Waals surface area (Å²) in [7, 11) is 1.39. The van der Waals surface area contributed by atoms with Crippen molar-refractivity contribution in [2.24, 2.45) is 5.41 Å². The van der Waals surface area contributed by atoms with Crippen molar-refractivity contribution in [3.05, 3.63) is 17.7 Å². The smallest absolute Gasteiger partial charge is 0.401 e. The highest BCUT2D eigenvalue weighted by Crippen LogP contribution is 2.55. The lowest BCUT2D eigenvalue weighted by Crippen LogP contribution is -2.50. The Bertz CT molecular complexity index is 750. The van der Waals surface area contributed by atoms with Crippen LogP contribution in [0.1, 0.15) is 29.6 Å². The molecule has 0 saturated heterocycles. The van der Waals surface area contributed by atoms with Crippen LogP contribution >= 0.6 is 11.3 Å². The molecule has 1 fully saturated rings. The lowest BCUT2D eigenvalue weighted by Gasteiger charge is -2.41. The number of ether oxygens (including phenoxy) is 1. The van der Waals surface area contributed by atoms with Gasteiger partial charge in [-0.25, -0.2) is 4.98 Å². The van der Waals surface area contributed by atoms with E-state index < -0.39 is 17.4 Å². The van der Waals surface area contributed by atoms with Gasteiger partial charge in [-0.05, 0) is 25.0 Å². The molecule has 0 amide bonds. The molecule has 1 aliphatic carbocycles. The van der Waals surface area contributed by atoms with Crippen molar-refractivity contribution in [2.45, 2.75) is 25.4 Å². The number of carbonyl (C=O) groups is 1. The summed E-state index contributed by atoms with van der Waals surface area (Å²) in [5, 5.41) is 0.201. The second-order valence-corrected chi connectivity index (χ2v) is 6.40. The zero-order valence-electron chi connectivity index (χ0n) is 11.7. The topological polar surface area (TPSA) is 65.2 Å². The maximum absolute atomic E-state index is 13.4. The number of nitrogens with zero attached hydrogens (tertiary/aromatic N) is 1. The van der Waals surface area contributed by atoms with Crippen LogP contribution in [0.25, 0.3) is 10.2 Å². The number of aromatic nitrogens is 1. The highest BCUT2D eigenvalue weighted by molar-refractivity contribution is 7.22. The summed E-state index contributed by atoms with van der Waals surface area (Å²) < 4.78 is 45.8. The van der Waals surface area contributed by atoms with Crippen LogP contribution in [0.2, 0.25) is 0 Å². The second kappa shape index (κ2) is 4.84. The Hall–Kier alpha value is -1.83. The van der Waals surface area contributed by atoms with Crippen LogP contribution in [0.15, 0.2) is 12.1 Å². The average molecular weight is 330 g/mol. The van der Waals surface area contributed by atoms with E-state index in [1.54, 1.807) is 6.07 Å². The standard InChI is InChI=1S/C14H13F3N2O2S/c1-21-7-5-8(10-9(6-7)22-12(18)19-10)11(20)13(3-2-4-13)14(15,16)17/h5-6H,2-4H2,1H3,(H2,18,19). The fourth-order valence-corrected chi connectivity index (χ4v) is 3.53. The van der Waals surface area contributed by atoms with Gasteiger partial charge in [0.05, 0.1) is 17.3 Å². The molecule has 0 bridgehead atoms. The second-order valence-electron chi connectivity index (χ2n) is 5.34. The van der Waals surface area contributed by atoms with Gasteiger partial charge in [-0.1, -0.05) is 17.8 Å². The summed E-state index contributed by atoms with van der Waals surface area (Å²) in [5.74, 6) is -0.628. The number of carbonyl (C=O) groups excluding carboxylic acids is 1. The summed E-state index contributed by atoms with van der Waals surface area (Å²) in [4.78, 5) is 16.7. The fraction of sp³-hybridized carbons (Fsp3) is 0.429. The molecule has 118 valence electrons. The van der Waals surface area contributed by atoms with Crippen molar-refractivity contribution >= 4 is 32.5 Å². The van der Waals surface area contributed by atoms with Gasteiger partial charge in [0.15, 0.2) is 10.9 Å². The van der Waals surface area contributed by atoms with Crippen molar-refractivity contribution in [2.75, 3.05) is 12.8 Å². The van der Waals surface area contributed by atoms with Crippen molar-refractivity contribution in [3.63, 3.8) is 0 Å². The molecule has 0 spiro atoms. The maximum atomic E-state index is 13.4. The Morgan fingerprint density at radius 3 is 2.59 bits per heavy atom. The molecule has 2 aromatic rings. The molecule has 22 heavy (non-hydrogen) atoms. The Kier molecular flexibility index (Phi) is 3.32. The first-order valence-electron chi connectivity index (χ1n) is 6.64. The normalized spacial score (nSPS) is 17.3. The predicted molar refractivity (Wildman–Crippen MR) is 77.3 cm³/mol. The van der Waals surface area contributed by atoms with Crippen LogP contribution in [0.3, 0.4) is 0 Å². The molecule has 8 heteroatoms. The molecule has 1 aromatic carbocycles. The number of Topliss-reactive ketones (excluding diaryl/α,β-unsaturated/α-hetero) is 1. The molecule has 4 nitrogen and oxygen atoms in total. The molecular formula is C14H13F3N2O2S. The fourth-order valence-electron chi connectivity index (χ4n) is 2.74. The average Bonchev–Trinajstić information content (AvgIpc) is 2.73. The molecule has 1 aromatic heterocycles. The van der Waals surface area contributed by atoms with Crippen molar-refractivity contribution < 1.29 is 22.7 Å². The highest BCUT2D eigenvalue weighted by atomic mass is 32.1. The molecular weight excluding hydrogens is 317 g/mol. The van der Waals surface area contributed by atoms with Crippen LogP contribution in [0, 0.1) is 5.41 Å². The van der Waals surface area contributed by atoms with Gasteiger partial charge in [0, 0.05) is 5.56 Å². The molecule has 0 unspecified atom stereocenters. The van der Waals surface area contributed by atoms with Crippen LogP contribution in [-0.2, 0) is 0 Å². The monoisotopic (exact) mass is 330 g/mol. The van der Waals surface area contributed by atoms with Crippen LogP contribution in [-0.4, -0.2) is 24.1 Å². The molecule has 1 aliphatic rings. The van der Waals surface area contributed by atoms with Gasteiger partial charge < -0.3 is 10.5 Å². The van der Waals surface area contributed by atoms with Gasteiger partial charge in [0.1, 0.15) is 11.2 Å². The minimum absolute atomic E-state index is 0.0701. The van der Waals surface area contributed by atoms with E-state index in [9.17, 15) is 18.0 Å². The zero-order chi connectivity index (χ0) is 16.1. The number of rotatable bonds is 3. The summed E-state index contributed by atoms with van der Waals surface area (Å²) >= 11 is 1.11. The molecule has 2 N–H and O–H groups in total. The first-order chi connectivity index (χ1) is 10.3. The molecule has 0 radical (unpaired) electrons. The molecule has 1 heterocycles. The molecule has 0 atom stereocenters. The number of benzene rings is 1. The lowest BCUT2D eigenvalue weighted by atomic mass is 9.64. The van der Waals surface area contributed by atoms with Crippen molar-refractivity contribution in [1.29, 1.82) is 0 Å². The van der Waals surface area contributed by atoms with E-state index in [1.807, 2.05) is 0 Å². The Morgan fingerprint density at radius 2 is 2.09 bits per heavy atom. The van der Waals surface area contributed by atoms with Crippen LogP contribution in [0.5, 0.6) is 5.75 Å². The maximum Gasteiger partial charge on any atom is 0.401 e. The SMILES string of the molecule is COc1cc(C(=O)C2(C(F)(F)F)CCC2)c2nc(N)sc2c1. The Labute approximate surface area is 128 Å². The van der Waals surface area contributed by atoms with E-state index in [4.69, 9.17) is 10.5 Å². The van der Waals surface area contributed by atoms with Gasteiger partial charge in [-0.3, -0.25) is 4.79 Å². The number of thiazole rings is 1. The summed E-state index contributed by atoms with van der Waals surface area (Å²) in [5.41, 5.74) is 3.47. The highest BCUT2D eigenvalue weighted by Gasteiger charge is 2.63. The third-order valence-corrected chi connectivity index (χ3v) is 4.98. The number of nitrogen functional groups attached to an aromatic ring is 1. The minimum Gasteiger partial charge on any atom is -0.497 e. The van der Waals surface area contributed by atoms with E-state index in [2.05, 4.69) is 4.98 Å². The first-order valence-corrected chi connectivity index (χ1v) is 7.46. The van der Waals surface area contributed by atoms with E-state index >= 15 is 0 Å². The van der Waals surface area contributed by atoms with E-state index in [1.165, 1.54) is 13.2 Å². The van der Waals surface area contributed by atoms with Crippen molar-refractivity contribution in [3.8, 4) is 5.75 Å². The van der Waals surface area contributed by atoms with E-state index in [0.717, 1.165) is 11.3 Å². The van der Waals surface area contributed by atoms with Gasteiger partial charge in [-0.15, -0.1) is 0 Å². The third kappa shape index (κ3) is 2.05.